The number of ether oxygens (including phenoxy) is 1. The Labute approximate surface area is 110 Å². The Hall–Kier alpha value is -1.10. The highest BCUT2D eigenvalue weighted by Crippen LogP contribution is 2.18. The summed E-state index contributed by atoms with van der Waals surface area (Å²) in [5, 5.41) is 0. The number of rotatable bonds is 7. The van der Waals surface area contributed by atoms with Crippen LogP contribution in [-0.2, 0) is 14.3 Å². The second-order valence-corrected chi connectivity index (χ2v) is 5.47. The van der Waals surface area contributed by atoms with Crippen LogP contribution in [0.3, 0.4) is 0 Å². The minimum atomic E-state index is -0.651. The van der Waals surface area contributed by atoms with E-state index in [-0.39, 0.29) is 30.9 Å². The molecule has 5 nitrogen and oxygen atoms in total. The van der Waals surface area contributed by atoms with E-state index in [1.54, 1.807) is 20.8 Å². The standard InChI is InChI=1S/C13H26N2O3/c1-6-18-11(16)8-15(7-10(2)3)12(17)13(4,5)9-14/h10H,6-9,14H2,1-5H3. The number of carbonyl (C=O) groups excluding carboxylic acids is 2. The van der Waals surface area contributed by atoms with Crippen LogP contribution in [0.15, 0.2) is 0 Å². The van der Waals surface area contributed by atoms with Gasteiger partial charge in [-0.2, -0.15) is 0 Å². The Bertz CT molecular complexity index is 288. The topological polar surface area (TPSA) is 72.6 Å². The number of carbonyl (C=O) groups is 2. The molecule has 0 spiro atoms. The number of esters is 1. The van der Waals surface area contributed by atoms with Crippen molar-refractivity contribution in [2.24, 2.45) is 17.1 Å². The van der Waals surface area contributed by atoms with Crippen molar-refractivity contribution in [3.8, 4) is 0 Å². The van der Waals surface area contributed by atoms with Crippen molar-refractivity contribution in [3.05, 3.63) is 0 Å². The number of nitrogens with zero attached hydrogens (tertiary/aromatic N) is 1. The maximum atomic E-state index is 12.3. The lowest BCUT2D eigenvalue weighted by atomic mass is 9.91. The van der Waals surface area contributed by atoms with Gasteiger partial charge < -0.3 is 15.4 Å². The van der Waals surface area contributed by atoms with Crippen LogP contribution in [0, 0.1) is 11.3 Å². The summed E-state index contributed by atoms with van der Waals surface area (Å²) in [5.74, 6) is -0.192. The lowest BCUT2D eigenvalue weighted by Gasteiger charge is -2.31. The molecule has 0 fully saturated rings. The lowest BCUT2D eigenvalue weighted by Crippen LogP contribution is -2.48. The summed E-state index contributed by atoms with van der Waals surface area (Å²) in [6, 6.07) is 0. The SMILES string of the molecule is CCOC(=O)CN(CC(C)C)C(=O)C(C)(C)CN. The summed E-state index contributed by atoms with van der Waals surface area (Å²) >= 11 is 0. The number of amides is 1. The third kappa shape index (κ3) is 5.49. The fraction of sp³-hybridized carbons (Fsp3) is 0.846. The van der Waals surface area contributed by atoms with Crippen LogP contribution in [0.1, 0.15) is 34.6 Å². The van der Waals surface area contributed by atoms with Gasteiger partial charge in [-0.1, -0.05) is 13.8 Å². The van der Waals surface area contributed by atoms with Crippen LogP contribution in [0.5, 0.6) is 0 Å². The molecule has 0 radical (unpaired) electrons. The summed E-state index contributed by atoms with van der Waals surface area (Å²) in [5.41, 5.74) is 4.95. The van der Waals surface area contributed by atoms with Crippen molar-refractivity contribution >= 4 is 11.9 Å². The monoisotopic (exact) mass is 258 g/mol. The Kier molecular flexibility index (Phi) is 6.91. The van der Waals surface area contributed by atoms with Gasteiger partial charge in [0.25, 0.3) is 0 Å². The highest BCUT2D eigenvalue weighted by Gasteiger charge is 2.32. The van der Waals surface area contributed by atoms with E-state index < -0.39 is 5.41 Å². The van der Waals surface area contributed by atoms with Gasteiger partial charge in [0.2, 0.25) is 5.91 Å². The van der Waals surface area contributed by atoms with E-state index >= 15 is 0 Å². The zero-order valence-electron chi connectivity index (χ0n) is 12.2. The molecule has 0 aromatic rings. The normalized spacial score (nSPS) is 11.5. The molecule has 0 aromatic carbocycles. The Balaban J connectivity index is 4.77. The molecule has 1 amide bonds. The van der Waals surface area contributed by atoms with Gasteiger partial charge in [0.1, 0.15) is 6.54 Å². The predicted octanol–water partition coefficient (Wildman–Crippen LogP) is 1.02. The second kappa shape index (κ2) is 7.36. The molecule has 0 atom stereocenters. The molecule has 0 aliphatic carbocycles. The first-order chi connectivity index (χ1) is 8.24. The number of nitrogens with two attached hydrogens (primary N) is 1. The molecule has 0 aromatic heterocycles. The molecular weight excluding hydrogens is 232 g/mol. The first-order valence-corrected chi connectivity index (χ1v) is 6.39. The molecule has 0 rings (SSSR count). The van der Waals surface area contributed by atoms with Crippen molar-refractivity contribution in [1.82, 2.24) is 4.90 Å². The molecule has 5 heteroatoms. The zero-order valence-corrected chi connectivity index (χ0v) is 12.2. The Morgan fingerprint density at radius 3 is 2.28 bits per heavy atom. The molecule has 0 saturated heterocycles. The van der Waals surface area contributed by atoms with E-state index in [4.69, 9.17) is 10.5 Å². The molecule has 106 valence electrons. The van der Waals surface area contributed by atoms with Crippen molar-refractivity contribution in [2.45, 2.75) is 34.6 Å². The van der Waals surface area contributed by atoms with Crippen molar-refractivity contribution in [2.75, 3.05) is 26.2 Å². The van der Waals surface area contributed by atoms with Gasteiger partial charge >= 0.3 is 5.97 Å². The van der Waals surface area contributed by atoms with Gasteiger partial charge in [-0.15, -0.1) is 0 Å². The highest BCUT2D eigenvalue weighted by atomic mass is 16.5. The first kappa shape index (κ1) is 16.9. The van der Waals surface area contributed by atoms with Crippen LogP contribution in [0.25, 0.3) is 0 Å². The Morgan fingerprint density at radius 2 is 1.89 bits per heavy atom. The highest BCUT2D eigenvalue weighted by molar-refractivity contribution is 5.86. The average molecular weight is 258 g/mol. The van der Waals surface area contributed by atoms with Crippen molar-refractivity contribution in [3.63, 3.8) is 0 Å². The fourth-order valence-corrected chi connectivity index (χ4v) is 1.54. The quantitative estimate of drug-likeness (QED) is 0.692. The molecule has 0 aliphatic rings. The summed E-state index contributed by atoms with van der Waals surface area (Å²) in [7, 11) is 0. The average Bonchev–Trinajstić information content (AvgIpc) is 2.26. The minimum Gasteiger partial charge on any atom is -0.465 e. The maximum Gasteiger partial charge on any atom is 0.325 e. The molecule has 0 heterocycles. The van der Waals surface area contributed by atoms with Crippen LogP contribution in [0.4, 0.5) is 0 Å². The van der Waals surface area contributed by atoms with E-state index in [0.29, 0.717) is 13.2 Å². The van der Waals surface area contributed by atoms with Crippen molar-refractivity contribution < 1.29 is 14.3 Å². The van der Waals surface area contributed by atoms with E-state index in [0.717, 1.165) is 0 Å². The molecule has 18 heavy (non-hydrogen) atoms. The molecule has 2 N–H and O–H groups in total. The van der Waals surface area contributed by atoms with Gasteiger partial charge in [0.15, 0.2) is 0 Å². The van der Waals surface area contributed by atoms with Crippen LogP contribution >= 0.6 is 0 Å². The second-order valence-electron chi connectivity index (χ2n) is 5.47. The third-order valence-electron chi connectivity index (χ3n) is 2.59. The molecule has 0 bridgehead atoms. The van der Waals surface area contributed by atoms with Gasteiger partial charge in [-0.3, -0.25) is 9.59 Å². The molecular formula is C13H26N2O3. The summed E-state index contributed by atoms with van der Waals surface area (Å²) < 4.78 is 4.89. The third-order valence-corrected chi connectivity index (χ3v) is 2.59. The fourth-order valence-electron chi connectivity index (χ4n) is 1.54. The predicted molar refractivity (Wildman–Crippen MR) is 70.9 cm³/mol. The Morgan fingerprint density at radius 1 is 1.33 bits per heavy atom. The van der Waals surface area contributed by atoms with Crippen LogP contribution in [-0.4, -0.2) is 43.0 Å². The van der Waals surface area contributed by atoms with Gasteiger partial charge in [0.05, 0.1) is 12.0 Å². The number of hydrogen-bond donors (Lipinski definition) is 1. The first-order valence-electron chi connectivity index (χ1n) is 6.39. The van der Waals surface area contributed by atoms with Crippen LogP contribution in [0.2, 0.25) is 0 Å². The summed E-state index contributed by atoms with van der Waals surface area (Å²) in [6.45, 7) is 10.4. The van der Waals surface area contributed by atoms with Gasteiger partial charge in [-0.05, 0) is 26.7 Å². The molecule has 0 saturated carbocycles. The molecule has 0 unspecified atom stereocenters. The summed E-state index contributed by atoms with van der Waals surface area (Å²) in [6.07, 6.45) is 0. The zero-order chi connectivity index (χ0) is 14.3. The van der Waals surface area contributed by atoms with E-state index in [2.05, 4.69) is 0 Å². The van der Waals surface area contributed by atoms with Gasteiger partial charge in [-0.25, -0.2) is 0 Å². The van der Waals surface area contributed by atoms with Gasteiger partial charge in [0, 0.05) is 13.1 Å². The minimum absolute atomic E-state index is 0.00567. The van der Waals surface area contributed by atoms with E-state index in [9.17, 15) is 9.59 Å². The summed E-state index contributed by atoms with van der Waals surface area (Å²) in [4.78, 5) is 25.4. The lowest BCUT2D eigenvalue weighted by molar-refractivity contribution is -0.152. The van der Waals surface area contributed by atoms with E-state index in [1.165, 1.54) is 4.90 Å². The van der Waals surface area contributed by atoms with E-state index in [1.807, 2.05) is 13.8 Å². The van der Waals surface area contributed by atoms with Crippen LogP contribution < -0.4 is 5.73 Å². The maximum absolute atomic E-state index is 12.3. The number of hydrogen-bond acceptors (Lipinski definition) is 4. The molecule has 0 aliphatic heterocycles. The largest absolute Gasteiger partial charge is 0.465 e. The van der Waals surface area contributed by atoms with Crippen molar-refractivity contribution in [1.29, 1.82) is 0 Å². The smallest absolute Gasteiger partial charge is 0.325 e.